The van der Waals surface area contributed by atoms with Gasteiger partial charge in [0.25, 0.3) is 0 Å². The molecule has 0 aliphatic heterocycles. The molecular formula is C9H15ClN4O. The van der Waals surface area contributed by atoms with Gasteiger partial charge in [0.05, 0.1) is 0 Å². The maximum Gasteiger partial charge on any atom is 0.223 e. The Hall–Kier alpha value is -1.07. The number of nitrogens with zero attached hydrogens (tertiary/aromatic N) is 2. The van der Waals surface area contributed by atoms with Gasteiger partial charge in [0.2, 0.25) is 5.95 Å². The van der Waals surface area contributed by atoms with Gasteiger partial charge in [0.15, 0.2) is 0 Å². The molecule has 6 heteroatoms. The summed E-state index contributed by atoms with van der Waals surface area (Å²) in [6.45, 7) is 2.17. The first-order valence-corrected chi connectivity index (χ1v) is 5.21. The number of nitrogens with two attached hydrogens (primary N) is 1. The van der Waals surface area contributed by atoms with Crippen molar-refractivity contribution in [1.29, 1.82) is 0 Å². The smallest absolute Gasteiger partial charge is 0.223 e. The third kappa shape index (κ3) is 3.89. The third-order valence-corrected chi connectivity index (χ3v) is 2.23. The van der Waals surface area contributed by atoms with E-state index in [0.29, 0.717) is 17.4 Å². The van der Waals surface area contributed by atoms with Crippen LogP contribution in [0.15, 0.2) is 6.07 Å². The standard InChI is InChI=1S/C9H15ClN4O/c1-2-6(3-4-15)12-8-5-7(10)13-9(11)14-8/h5-6,15H,2-4H2,1H3,(H3,11,12,13,14). The van der Waals surface area contributed by atoms with E-state index in [2.05, 4.69) is 15.3 Å². The Morgan fingerprint density at radius 3 is 2.87 bits per heavy atom. The first kappa shape index (κ1) is 12.0. The van der Waals surface area contributed by atoms with Crippen LogP contribution in [0.25, 0.3) is 0 Å². The van der Waals surface area contributed by atoms with Crippen molar-refractivity contribution in [3.05, 3.63) is 11.2 Å². The van der Waals surface area contributed by atoms with E-state index in [9.17, 15) is 0 Å². The number of nitrogens with one attached hydrogen (secondary N) is 1. The van der Waals surface area contributed by atoms with Crippen LogP contribution in [0, 0.1) is 0 Å². The van der Waals surface area contributed by atoms with Crippen molar-refractivity contribution < 1.29 is 5.11 Å². The van der Waals surface area contributed by atoms with Crippen molar-refractivity contribution in [2.24, 2.45) is 0 Å². The van der Waals surface area contributed by atoms with Gasteiger partial charge in [-0.3, -0.25) is 0 Å². The largest absolute Gasteiger partial charge is 0.396 e. The molecule has 1 atom stereocenters. The van der Waals surface area contributed by atoms with E-state index in [1.807, 2.05) is 6.92 Å². The normalized spacial score (nSPS) is 12.5. The molecule has 0 radical (unpaired) electrons. The number of aromatic nitrogens is 2. The van der Waals surface area contributed by atoms with Crippen molar-refractivity contribution in [2.75, 3.05) is 17.7 Å². The number of hydrogen-bond donors (Lipinski definition) is 3. The lowest BCUT2D eigenvalue weighted by Gasteiger charge is -2.16. The maximum absolute atomic E-state index is 8.83. The molecule has 0 saturated carbocycles. The highest BCUT2D eigenvalue weighted by Gasteiger charge is 2.07. The van der Waals surface area contributed by atoms with Gasteiger partial charge < -0.3 is 16.2 Å². The molecule has 0 amide bonds. The van der Waals surface area contributed by atoms with Gasteiger partial charge >= 0.3 is 0 Å². The SMILES string of the molecule is CCC(CCO)Nc1cc(Cl)nc(N)n1. The summed E-state index contributed by atoms with van der Waals surface area (Å²) in [5, 5.41) is 12.3. The third-order valence-electron chi connectivity index (χ3n) is 2.03. The van der Waals surface area contributed by atoms with Gasteiger partial charge in [-0.25, -0.2) is 4.98 Å². The summed E-state index contributed by atoms with van der Waals surface area (Å²) in [6, 6.07) is 1.78. The second-order valence-corrected chi connectivity index (χ2v) is 3.58. The molecule has 1 unspecified atom stereocenters. The Kier molecular flexibility index (Phi) is 4.58. The lowest BCUT2D eigenvalue weighted by Crippen LogP contribution is -2.20. The first-order valence-electron chi connectivity index (χ1n) is 4.83. The molecule has 84 valence electrons. The van der Waals surface area contributed by atoms with Crippen molar-refractivity contribution in [3.8, 4) is 0 Å². The lowest BCUT2D eigenvalue weighted by molar-refractivity contribution is 0.278. The van der Waals surface area contributed by atoms with Crippen LogP contribution >= 0.6 is 11.6 Å². The molecule has 1 aromatic heterocycles. The summed E-state index contributed by atoms with van der Waals surface area (Å²) in [6.07, 6.45) is 1.56. The molecule has 0 spiro atoms. The zero-order chi connectivity index (χ0) is 11.3. The lowest BCUT2D eigenvalue weighted by atomic mass is 10.1. The molecule has 15 heavy (non-hydrogen) atoms. The zero-order valence-electron chi connectivity index (χ0n) is 8.57. The van der Waals surface area contributed by atoms with E-state index in [0.717, 1.165) is 6.42 Å². The molecule has 5 nitrogen and oxygen atoms in total. The van der Waals surface area contributed by atoms with Crippen LogP contribution in [0.2, 0.25) is 5.15 Å². The molecule has 0 fully saturated rings. The van der Waals surface area contributed by atoms with E-state index >= 15 is 0 Å². The first-order chi connectivity index (χ1) is 7.15. The number of aliphatic hydroxyl groups is 1. The topological polar surface area (TPSA) is 84.1 Å². The van der Waals surface area contributed by atoms with Gasteiger partial charge in [0.1, 0.15) is 11.0 Å². The van der Waals surface area contributed by atoms with E-state index in [1.165, 1.54) is 0 Å². The van der Waals surface area contributed by atoms with Gasteiger partial charge in [-0.1, -0.05) is 18.5 Å². The maximum atomic E-state index is 8.83. The van der Waals surface area contributed by atoms with E-state index in [4.69, 9.17) is 22.4 Å². The summed E-state index contributed by atoms with van der Waals surface area (Å²) in [5.74, 6) is 0.733. The van der Waals surface area contributed by atoms with Gasteiger partial charge in [0, 0.05) is 18.7 Å². The molecule has 0 bridgehead atoms. The molecule has 4 N–H and O–H groups in total. The van der Waals surface area contributed by atoms with Gasteiger partial charge in [-0.05, 0) is 12.8 Å². The van der Waals surface area contributed by atoms with Crippen molar-refractivity contribution >= 4 is 23.4 Å². The van der Waals surface area contributed by atoms with Crippen LogP contribution in [0.5, 0.6) is 0 Å². The summed E-state index contributed by atoms with van der Waals surface area (Å²) >= 11 is 5.73. The van der Waals surface area contributed by atoms with Crippen LogP contribution in [0.1, 0.15) is 19.8 Å². The zero-order valence-corrected chi connectivity index (χ0v) is 9.33. The number of aliphatic hydroxyl groups excluding tert-OH is 1. The minimum Gasteiger partial charge on any atom is -0.396 e. The minimum absolute atomic E-state index is 0.139. The van der Waals surface area contributed by atoms with Crippen LogP contribution in [-0.2, 0) is 0 Å². The van der Waals surface area contributed by atoms with E-state index < -0.39 is 0 Å². The van der Waals surface area contributed by atoms with Gasteiger partial charge in [-0.2, -0.15) is 4.98 Å². The molecule has 0 aromatic carbocycles. The average molecular weight is 231 g/mol. The van der Waals surface area contributed by atoms with Crippen LogP contribution in [0.4, 0.5) is 11.8 Å². The molecule has 0 saturated heterocycles. The summed E-state index contributed by atoms with van der Waals surface area (Å²) in [5.41, 5.74) is 5.45. The molecule has 0 aliphatic rings. The molecule has 1 aromatic rings. The Balaban J connectivity index is 2.69. The van der Waals surface area contributed by atoms with Crippen LogP contribution < -0.4 is 11.1 Å². The molecule has 1 rings (SSSR count). The Morgan fingerprint density at radius 2 is 2.33 bits per heavy atom. The number of halogens is 1. The fourth-order valence-corrected chi connectivity index (χ4v) is 1.44. The fourth-order valence-electron chi connectivity index (χ4n) is 1.25. The van der Waals surface area contributed by atoms with E-state index in [-0.39, 0.29) is 18.6 Å². The average Bonchev–Trinajstić information content (AvgIpc) is 2.15. The molecule has 1 heterocycles. The number of hydrogen-bond acceptors (Lipinski definition) is 5. The van der Waals surface area contributed by atoms with Crippen LogP contribution in [-0.4, -0.2) is 27.7 Å². The number of rotatable bonds is 5. The molecule has 0 aliphatic carbocycles. The highest BCUT2D eigenvalue weighted by atomic mass is 35.5. The number of anilines is 2. The predicted molar refractivity (Wildman–Crippen MR) is 60.9 cm³/mol. The highest BCUT2D eigenvalue weighted by Crippen LogP contribution is 2.14. The van der Waals surface area contributed by atoms with Crippen molar-refractivity contribution in [1.82, 2.24) is 9.97 Å². The monoisotopic (exact) mass is 230 g/mol. The fraction of sp³-hybridized carbons (Fsp3) is 0.556. The Bertz CT molecular complexity index is 301. The summed E-state index contributed by atoms with van der Waals surface area (Å²) in [4.78, 5) is 7.75. The van der Waals surface area contributed by atoms with E-state index in [1.54, 1.807) is 6.07 Å². The summed E-state index contributed by atoms with van der Waals surface area (Å²) < 4.78 is 0. The minimum atomic E-state index is 0.139. The highest BCUT2D eigenvalue weighted by molar-refractivity contribution is 6.29. The van der Waals surface area contributed by atoms with Crippen molar-refractivity contribution in [3.63, 3.8) is 0 Å². The Labute approximate surface area is 93.7 Å². The molecular weight excluding hydrogens is 216 g/mol. The number of nitrogen functional groups attached to an aromatic ring is 1. The van der Waals surface area contributed by atoms with Crippen molar-refractivity contribution in [2.45, 2.75) is 25.8 Å². The summed E-state index contributed by atoms with van der Waals surface area (Å²) in [7, 11) is 0. The quantitative estimate of drug-likeness (QED) is 0.664. The Morgan fingerprint density at radius 1 is 1.60 bits per heavy atom. The van der Waals surface area contributed by atoms with Gasteiger partial charge in [-0.15, -0.1) is 0 Å². The second-order valence-electron chi connectivity index (χ2n) is 3.20. The predicted octanol–water partition coefficient (Wildman–Crippen LogP) is 1.29. The van der Waals surface area contributed by atoms with Crippen LogP contribution in [0.3, 0.4) is 0 Å². The second kappa shape index (κ2) is 5.72.